The quantitative estimate of drug-likeness (QED) is 0.856. The van der Waals surface area contributed by atoms with Gasteiger partial charge in [0.05, 0.1) is 13.1 Å². The maximum absolute atomic E-state index is 5.58. The second-order valence-corrected chi connectivity index (χ2v) is 5.17. The first kappa shape index (κ1) is 12.4. The summed E-state index contributed by atoms with van der Waals surface area (Å²) < 4.78 is 5.58. The summed E-state index contributed by atoms with van der Waals surface area (Å²) in [5.74, 6) is 1.84. The van der Waals surface area contributed by atoms with Gasteiger partial charge in [-0.1, -0.05) is 6.07 Å². The second-order valence-electron chi connectivity index (χ2n) is 4.14. The van der Waals surface area contributed by atoms with Crippen LogP contribution >= 0.6 is 11.3 Å². The highest BCUT2D eigenvalue weighted by atomic mass is 32.1. The molecule has 0 aliphatic rings. The highest BCUT2D eigenvalue weighted by Crippen LogP contribution is 2.12. The molecule has 0 aliphatic carbocycles. The Labute approximate surface area is 106 Å². The Morgan fingerprint density at radius 1 is 1.29 bits per heavy atom. The van der Waals surface area contributed by atoms with Gasteiger partial charge in [0.1, 0.15) is 11.5 Å². The SMILES string of the molecule is CN(CCc1cccs1)Cc1ccc(CN)o1. The number of nitrogens with two attached hydrogens (primary N) is 1. The topological polar surface area (TPSA) is 42.4 Å². The summed E-state index contributed by atoms with van der Waals surface area (Å²) in [6, 6.07) is 8.23. The summed E-state index contributed by atoms with van der Waals surface area (Å²) >= 11 is 1.81. The number of hydrogen-bond acceptors (Lipinski definition) is 4. The molecule has 0 atom stereocenters. The zero-order chi connectivity index (χ0) is 12.1. The third kappa shape index (κ3) is 3.70. The summed E-state index contributed by atoms with van der Waals surface area (Å²) in [4.78, 5) is 3.69. The van der Waals surface area contributed by atoms with Crippen LogP contribution in [0.2, 0.25) is 0 Å². The number of furan rings is 1. The van der Waals surface area contributed by atoms with E-state index in [1.54, 1.807) is 0 Å². The van der Waals surface area contributed by atoms with Crippen molar-refractivity contribution in [3.05, 3.63) is 46.0 Å². The zero-order valence-electron chi connectivity index (χ0n) is 10.1. The van der Waals surface area contributed by atoms with Gasteiger partial charge in [0.25, 0.3) is 0 Å². The summed E-state index contributed by atoms with van der Waals surface area (Å²) in [5, 5.41) is 2.12. The number of likely N-dealkylation sites (N-methyl/N-ethyl adjacent to an activating group) is 1. The Kier molecular flexibility index (Phi) is 4.36. The third-order valence-corrected chi connectivity index (χ3v) is 3.60. The van der Waals surface area contributed by atoms with Crippen molar-refractivity contribution >= 4 is 11.3 Å². The standard InChI is InChI=1S/C13H18N2OS/c1-15(7-6-13-3-2-8-17-13)10-12-5-4-11(9-14)16-12/h2-5,8H,6-7,9-10,14H2,1H3. The molecule has 2 aromatic rings. The molecule has 17 heavy (non-hydrogen) atoms. The molecule has 2 aromatic heterocycles. The molecule has 0 saturated heterocycles. The average Bonchev–Trinajstić information content (AvgIpc) is 2.97. The molecule has 2 N–H and O–H groups in total. The van der Waals surface area contributed by atoms with E-state index < -0.39 is 0 Å². The lowest BCUT2D eigenvalue weighted by Gasteiger charge is -2.14. The van der Waals surface area contributed by atoms with Crippen molar-refractivity contribution in [2.24, 2.45) is 5.73 Å². The smallest absolute Gasteiger partial charge is 0.118 e. The third-order valence-electron chi connectivity index (χ3n) is 2.66. The van der Waals surface area contributed by atoms with E-state index in [1.165, 1.54) is 4.88 Å². The van der Waals surface area contributed by atoms with E-state index in [1.807, 2.05) is 23.5 Å². The Morgan fingerprint density at radius 2 is 2.12 bits per heavy atom. The molecule has 0 fully saturated rings. The summed E-state index contributed by atoms with van der Waals surface area (Å²) in [6.07, 6.45) is 1.10. The fourth-order valence-corrected chi connectivity index (χ4v) is 2.42. The fraction of sp³-hybridized carbons (Fsp3) is 0.385. The van der Waals surface area contributed by atoms with Gasteiger partial charge in [0.2, 0.25) is 0 Å². The Hall–Kier alpha value is -1.10. The molecule has 0 saturated carbocycles. The highest BCUT2D eigenvalue weighted by molar-refractivity contribution is 7.09. The van der Waals surface area contributed by atoms with Gasteiger partial charge in [-0.2, -0.15) is 0 Å². The summed E-state index contributed by atoms with van der Waals surface area (Å²) in [7, 11) is 2.11. The van der Waals surface area contributed by atoms with Crippen molar-refractivity contribution in [3.8, 4) is 0 Å². The molecule has 0 spiro atoms. The maximum atomic E-state index is 5.58. The molecule has 0 aliphatic heterocycles. The molecule has 0 bridgehead atoms. The van der Waals surface area contributed by atoms with E-state index in [4.69, 9.17) is 10.2 Å². The van der Waals surface area contributed by atoms with Gasteiger partial charge < -0.3 is 10.2 Å². The van der Waals surface area contributed by atoms with Crippen molar-refractivity contribution in [2.75, 3.05) is 13.6 Å². The van der Waals surface area contributed by atoms with Gasteiger partial charge in [-0.3, -0.25) is 4.90 Å². The van der Waals surface area contributed by atoms with Gasteiger partial charge in [0, 0.05) is 11.4 Å². The molecule has 92 valence electrons. The van der Waals surface area contributed by atoms with Gasteiger partial charge in [-0.25, -0.2) is 0 Å². The molecule has 0 radical (unpaired) electrons. The van der Waals surface area contributed by atoms with Crippen molar-refractivity contribution in [1.29, 1.82) is 0 Å². The molecule has 4 heteroatoms. The number of hydrogen-bond donors (Lipinski definition) is 1. The van der Waals surface area contributed by atoms with E-state index in [9.17, 15) is 0 Å². The number of nitrogens with zero attached hydrogens (tertiary/aromatic N) is 1. The van der Waals surface area contributed by atoms with Crippen LogP contribution in [0.15, 0.2) is 34.1 Å². The fourth-order valence-electron chi connectivity index (χ4n) is 1.72. The molecule has 3 nitrogen and oxygen atoms in total. The number of rotatable bonds is 6. The van der Waals surface area contributed by atoms with Crippen molar-refractivity contribution < 1.29 is 4.42 Å². The Morgan fingerprint density at radius 3 is 2.76 bits per heavy atom. The lowest BCUT2D eigenvalue weighted by Crippen LogP contribution is -2.20. The monoisotopic (exact) mass is 250 g/mol. The first-order valence-corrected chi connectivity index (χ1v) is 6.64. The lowest BCUT2D eigenvalue weighted by molar-refractivity contribution is 0.294. The summed E-state index contributed by atoms with van der Waals surface area (Å²) in [5.41, 5.74) is 5.51. The highest BCUT2D eigenvalue weighted by Gasteiger charge is 2.05. The van der Waals surface area contributed by atoms with Crippen molar-refractivity contribution in [2.45, 2.75) is 19.5 Å². The number of thiophene rings is 1. The Balaban J connectivity index is 1.78. The molecule has 0 amide bonds. The first-order valence-electron chi connectivity index (χ1n) is 5.76. The van der Waals surface area contributed by atoms with Crippen LogP contribution in [0.5, 0.6) is 0 Å². The molecule has 0 unspecified atom stereocenters. The summed E-state index contributed by atoms with van der Waals surface area (Å²) in [6.45, 7) is 2.35. The van der Waals surface area contributed by atoms with E-state index in [2.05, 4.69) is 29.5 Å². The predicted octanol–water partition coefficient (Wildman–Crippen LogP) is 2.47. The van der Waals surface area contributed by atoms with Gasteiger partial charge in [-0.05, 0) is 37.0 Å². The zero-order valence-corrected chi connectivity index (χ0v) is 10.9. The molecule has 2 heterocycles. The van der Waals surface area contributed by atoms with E-state index in [-0.39, 0.29) is 0 Å². The molecule has 2 rings (SSSR count). The van der Waals surface area contributed by atoms with Crippen molar-refractivity contribution in [1.82, 2.24) is 4.90 Å². The van der Waals surface area contributed by atoms with E-state index >= 15 is 0 Å². The average molecular weight is 250 g/mol. The predicted molar refractivity (Wildman–Crippen MR) is 71.0 cm³/mol. The van der Waals surface area contributed by atoms with Crippen LogP contribution < -0.4 is 5.73 Å². The van der Waals surface area contributed by atoms with Crippen LogP contribution in [0.3, 0.4) is 0 Å². The van der Waals surface area contributed by atoms with Crippen LogP contribution in [0, 0.1) is 0 Å². The molecule has 0 aromatic carbocycles. The largest absolute Gasteiger partial charge is 0.463 e. The minimum Gasteiger partial charge on any atom is -0.463 e. The van der Waals surface area contributed by atoms with Crippen molar-refractivity contribution in [3.63, 3.8) is 0 Å². The minimum absolute atomic E-state index is 0.471. The molecular formula is C13H18N2OS. The lowest BCUT2D eigenvalue weighted by atomic mass is 10.3. The first-order chi connectivity index (χ1) is 8.28. The maximum Gasteiger partial charge on any atom is 0.118 e. The van der Waals surface area contributed by atoms with E-state index in [0.29, 0.717) is 6.54 Å². The van der Waals surface area contributed by atoms with E-state index in [0.717, 1.165) is 31.0 Å². The second kappa shape index (κ2) is 6.00. The van der Waals surface area contributed by atoms with Gasteiger partial charge >= 0.3 is 0 Å². The Bertz CT molecular complexity index is 436. The minimum atomic E-state index is 0.471. The van der Waals surface area contributed by atoms with Crippen LogP contribution in [0.1, 0.15) is 16.4 Å². The van der Waals surface area contributed by atoms with Gasteiger partial charge in [-0.15, -0.1) is 11.3 Å². The van der Waals surface area contributed by atoms with Crippen LogP contribution in [0.25, 0.3) is 0 Å². The van der Waals surface area contributed by atoms with Crippen LogP contribution in [0.4, 0.5) is 0 Å². The normalized spacial score (nSPS) is 11.2. The van der Waals surface area contributed by atoms with Crippen LogP contribution in [-0.4, -0.2) is 18.5 Å². The van der Waals surface area contributed by atoms with Gasteiger partial charge in [0.15, 0.2) is 0 Å². The molecular weight excluding hydrogens is 232 g/mol. The van der Waals surface area contributed by atoms with Crippen LogP contribution in [-0.2, 0) is 19.5 Å².